The summed E-state index contributed by atoms with van der Waals surface area (Å²) in [6.45, 7) is 0.138. The maximum absolute atomic E-state index is 12.7. The Balaban J connectivity index is 1.56. The molecular weight excluding hydrogens is 428 g/mol. The Morgan fingerprint density at radius 3 is 2.53 bits per heavy atom. The molecule has 1 aliphatic rings. The normalized spacial score (nSPS) is 15.2. The van der Waals surface area contributed by atoms with Gasteiger partial charge >= 0.3 is 0 Å². The average Bonchev–Trinajstić information content (AvgIpc) is 3.30. The number of carbonyl (C=O) groups excluding carboxylic acids is 2. The van der Waals surface area contributed by atoms with Crippen LogP contribution in [-0.2, 0) is 11.3 Å². The number of rotatable bonds is 5. The van der Waals surface area contributed by atoms with E-state index in [-0.39, 0.29) is 22.4 Å². The zero-order valence-electron chi connectivity index (χ0n) is 15.3. The first-order chi connectivity index (χ1) is 14.4. The van der Waals surface area contributed by atoms with Gasteiger partial charge in [0, 0.05) is 17.2 Å². The number of hydrogen-bond donors (Lipinski definition) is 0. The van der Waals surface area contributed by atoms with Crippen LogP contribution in [-0.4, -0.2) is 21.0 Å². The Bertz CT molecular complexity index is 1190. The molecule has 2 aromatic carbocycles. The third kappa shape index (κ3) is 4.00. The largest absolute Gasteiger partial charge is 0.456 e. The van der Waals surface area contributed by atoms with E-state index in [0.29, 0.717) is 22.1 Å². The molecule has 4 rings (SSSR count). The fourth-order valence-electron chi connectivity index (χ4n) is 2.95. The fraction of sp³-hybridized carbons (Fsp3) is 0.0476. The molecule has 0 radical (unpaired) electrons. The van der Waals surface area contributed by atoms with Gasteiger partial charge in [0.25, 0.3) is 16.8 Å². The molecule has 0 spiro atoms. The van der Waals surface area contributed by atoms with Crippen LogP contribution in [0.2, 0.25) is 5.02 Å². The fourth-order valence-corrected chi connectivity index (χ4v) is 3.90. The topological polar surface area (TPSA) is 93.7 Å². The van der Waals surface area contributed by atoms with E-state index < -0.39 is 10.8 Å². The van der Waals surface area contributed by atoms with Gasteiger partial charge in [0.15, 0.2) is 0 Å². The van der Waals surface area contributed by atoms with Crippen LogP contribution < -0.4 is 0 Å². The van der Waals surface area contributed by atoms with E-state index in [1.165, 1.54) is 12.1 Å². The molecular formula is C21H13ClN2O5S. The molecule has 0 bridgehead atoms. The van der Waals surface area contributed by atoms with Crippen LogP contribution in [0, 0.1) is 10.1 Å². The van der Waals surface area contributed by atoms with Crippen molar-refractivity contribution in [3.63, 3.8) is 0 Å². The molecule has 150 valence electrons. The third-order valence-corrected chi connectivity index (χ3v) is 5.55. The molecule has 7 nitrogen and oxygen atoms in total. The molecule has 1 aromatic heterocycles. The molecule has 0 atom stereocenters. The predicted octanol–water partition coefficient (Wildman–Crippen LogP) is 5.74. The summed E-state index contributed by atoms with van der Waals surface area (Å²) in [6.07, 6.45) is 1.46. The zero-order chi connectivity index (χ0) is 21.3. The minimum Gasteiger partial charge on any atom is -0.456 e. The van der Waals surface area contributed by atoms with Gasteiger partial charge < -0.3 is 4.42 Å². The smallest absolute Gasteiger partial charge is 0.293 e. The van der Waals surface area contributed by atoms with Gasteiger partial charge in [-0.3, -0.25) is 24.6 Å². The Morgan fingerprint density at radius 1 is 1.07 bits per heavy atom. The van der Waals surface area contributed by atoms with E-state index in [2.05, 4.69) is 0 Å². The van der Waals surface area contributed by atoms with Crippen molar-refractivity contribution in [1.82, 2.24) is 4.90 Å². The second-order valence-corrected chi connectivity index (χ2v) is 7.80. The molecule has 2 amide bonds. The van der Waals surface area contributed by atoms with Crippen molar-refractivity contribution in [1.29, 1.82) is 0 Å². The van der Waals surface area contributed by atoms with Crippen molar-refractivity contribution in [3.05, 3.63) is 92.0 Å². The van der Waals surface area contributed by atoms with Gasteiger partial charge in [-0.25, -0.2) is 0 Å². The van der Waals surface area contributed by atoms with Crippen molar-refractivity contribution in [2.45, 2.75) is 6.54 Å². The molecule has 0 N–H and O–H groups in total. The standard InChI is InChI=1S/C21H13ClN2O5S/c22-14-7-5-13(6-8-14)12-23-20(25)19(30-21(23)26)11-15-9-10-18(29-15)16-3-1-2-4-17(16)24(27)28/h1-11H,12H2/b19-11-. The number of halogens is 1. The second-order valence-electron chi connectivity index (χ2n) is 6.37. The van der Waals surface area contributed by atoms with E-state index in [4.69, 9.17) is 16.0 Å². The highest BCUT2D eigenvalue weighted by Crippen LogP contribution is 2.35. The summed E-state index contributed by atoms with van der Waals surface area (Å²) >= 11 is 6.68. The minimum absolute atomic E-state index is 0.0818. The first-order valence-electron chi connectivity index (χ1n) is 8.76. The lowest BCUT2D eigenvalue weighted by Crippen LogP contribution is -2.27. The molecule has 0 saturated carbocycles. The van der Waals surface area contributed by atoms with Crippen LogP contribution in [0.15, 0.2) is 70.0 Å². The van der Waals surface area contributed by atoms with Crippen LogP contribution >= 0.6 is 23.4 Å². The molecule has 1 aliphatic heterocycles. The van der Waals surface area contributed by atoms with Crippen LogP contribution in [0.25, 0.3) is 17.4 Å². The Labute approximate surface area is 180 Å². The molecule has 30 heavy (non-hydrogen) atoms. The maximum Gasteiger partial charge on any atom is 0.293 e. The lowest BCUT2D eigenvalue weighted by atomic mass is 10.1. The first-order valence-corrected chi connectivity index (χ1v) is 9.95. The van der Waals surface area contributed by atoms with Crippen molar-refractivity contribution in [3.8, 4) is 11.3 Å². The third-order valence-electron chi connectivity index (χ3n) is 4.39. The minimum atomic E-state index is -0.486. The number of amides is 2. The number of carbonyl (C=O) groups is 2. The number of nitro groups is 1. The summed E-state index contributed by atoms with van der Waals surface area (Å²) in [7, 11) is 0. The molecule has 0 aliphatic carbocycles. The molecule has 3 aromatic rings. The van der Waals surface area contributed by atoms with E-state index in [1.54, 1.807) is 54.6 Å². The number of thioether (sulfide) groups is 1. The van der Waals surface area contributed by atoms with Gasteiger partial charge in [0.05, 0.1) is 21.9 Å². The number of imide groups is 1. The molecule has 0 unspecified atom stereocenters. The van der Waals surface area contributed by atoms with Gasteiger partial charge in [-0.1, -0.05) is 35.9 Å². The van der Waals surface area contributed by atoms with Crippen molar-refractivity contribution in [2.75, 3.05) is 0 Å². The predicted molar refractivity (Wildman–Crippen MR) is 114 cm³/mol. The number of nitro benzene ring substituents is 1. The SMILES string of the molecule is O=C1S/C(=C\c2ccc(-c3ccccc3[N+](=O)[O-])o2)C(=O)N1Cc1ccc(Cl)cc1. The van der Waals surface area contributed by atoms with Gasteiger partial charge in [-0.05, 0) is 47.7 Å². The lowest BCUT2D eigenvalue weighted by Gasteiger charge is -2.12. The van der Waals surface area contributed by atoms with Crippen molar-refractivity contribution in [2.24, 2.45) is 0 Å². The Morgan fingerprint density at radius 2 is 1.80 bits per heavy atom. The van der Waals surface area contributed by atoms with E-state index in [9.17, 15) is 19.7 Å². The van der Waals surface area contributed by atoms with Gasteiger partial charge in [0.1, 0.15) is 11.5 Å². The summed E-state index contributed by atoms with van der Waals surface area (Å²) in [5.74, 6) is 0.192. The van der Waals surface area contributed by atoms with Gasteiger partial charge in [-0.15, -0.1) is 0 Å². The van der Waals surface area contributed by atoms with Crippen LogP contribution in [0.3, 0.4) is 0 Å². The maximum atomic E-state index is 12.7. The monoisotopic (exact) mass is 440 g/mol. The number of para-hydroxylation sites is 1. The lowest BCUT2D eigenvalue weighted by molar-refractivity contribution is -0.384. The van der Waals surface area contributed by atoms with E-state index in [1.807, 2.05) is 0 Å². The second kappa shape index (κ2) is 8.17. The highest BCUT2D eigenvalue weighted by atomic mass is 35.5. The van der Waals surface area contributed by atoms with Crippen LogP contribution in [0.1, 0.15) is 11.3 Å². The summed E-state index contributed by atoms with van der Waals surface area (Å²) in [5.41, 5.74) is 1.03. The average molecular weight is 441 g/mol. The summed E-state index contributed by atoms with van der Waals surface area (Å²) in [4.78, 5) is 37.1. The van der Waals surface area contributed by atoms with Crippen molar-refractivity contribution >= 4 is 46.3 Å². The van der Waals surface area contributed by atoms with Gasteiger partial charge in [0.2, 0.25) is 0 Å². The van der Waals surface area contributed by atoms with Gasteiger partial charge in [-0.2, -0.15) is 0 Å². The summed E-state index contributed by atoms with van der Waals surface area (Å²) in [6, 6.07) is 16.3. The van der Waals surface area contributed by atoms with E-state index >= 15 is 0 Å². The zero-order valence-corrected chi connectivity index (χ0v) is 16.9. The molecule has 1 fully saturated rings. The molecule has 1 saturated heterocycles. The van der Waals surface area contributed by atoms with Crippen LogP contribution in [0.5, 0.6) is 0 Å². The number of nitrogens with zero attached hydrogens (tertiary/aromatic N) is 2. The van der Waals surface area contributed by atoms with Crippen molar-refractivity contribution < 1.29 is 18.9 Å². The summed E-state index contributed by atoms with van der Waals surface area (Å²) < 4.78 is 5.68. The highest BCUT2D eigenvalue weighted by molar-refractivity contribution is 8.18. The number of benzene rings is 2. The summed E-state index contributed by atoms with van der Waals surface area (Å²) in [5, 5.41) is 11.4. The molecule has 9 heteroatoms. The van der Waals surface area contributed by atoms with E-state index in [0.717, 1.165) is 22.2 Å². The molecule has 2 heterocycles. The first kappa shape index (κ1) is 19.9. The Kier molecular flexibility index (Phi) is 5.43. The van der Waals surface area contributed by atoms with Crippen LogP contribution in [0.4, 0.5) is 10.5 Å². The number of hydrogen-bond acceptors (Lipinski definition) is 6. The Hall–Kier alpha value is -3.36. The highest BCUT2D eigenvalue weighted by Gasteiger charge is 2.35. The number of furan rings is 1. The quantitative estimate of drug-likeness (QED) is 0.285.